The third-order valence-electron chi connectivity index (χ3n) is 2.41. The molecule has 1 fully saturated rings. The lowest BCUT2D eigenvalue weighted by Gasteiger charge is -2.12. The largest absolute Gasteiger partial charge is 0.489 e. The van der Waals surface area contributed by atoms with E-state index in [0.717, 1.165) is 19.6 Å². The monoisotopic (exact) mass is 244 g/mol. The summed E-state index contributed by atoms with van der Waals surface area (Å²) in [5.41, 5.74) is 0. The first kappa shape index (κ1) is 11.4. The van der Waals surface area contributed by atoms with Gasteiger partial charge in [-0.05, 0) is 6.42 Å². The van der Waals surface area contributed by atoms with Crippen LogP contribution in [0.2, 0.25) is 5.15 Å². The summed E-state index contributed by atoms with van der Waals surface area (Å²) in [7, 11) is 1.51. The van der Waals surface area contributed by atoms with E-state index < -0.39 is 0 Å². The van der Waals surface area contributed by atoms with Crippen molar-refractivity contribution in [2.24, 2.45) is 5.92 Å². The van der Waals surface area contributed by atoms with Gasteiger partial charge in [0.2, 0.25) is 5.75 Å². The van der Waals surface area contributed by atoms with Crippen LogP contribution in [0, 0.1) is 5.92 Å². The van der Waals surface area contributed by atoms with Crippen LogP contribution in [0.25, 0.3) is 0 Å². The lowest BCUT2D eigenvalue weighted by atomic mass is 10.1. The maximum Gasteiger partial charge on any atom is 0.261 e. The standard InChI is InChI=1S/C10H13ClN2O3/c1-14-8-9(11)12-6-13-10(8)16-5-7-2-3-15-4-7/h6-7H,2-5H2,1H3. The lowest BCUT2D eigenvalue weighted by Crippen LogP contribution is -2.13. The Balaban J connectivity index is 2.00. The predicted octanol–water partition coefficient (Wildman–Crippen LogP) is 1.55. The number of hydrogen-bond acceptors (Lipinski definition) is 5. The second kappa shape index (κ2) is 5.32. The van der Waals surface area contributed by atoms with Crippen LogP contribution in [0.15, 0.2) is 6.33 Å². The van der Waals surface area contributed by atoms with Gasteiger partial charge in [-0.2, -0.15) is 4.98 Å². The number of halogens is 1. The average molecular weight is 245 g/mol. The molecule has 16 heavy (non-hydrogen) atoms. The van der Waals surface area contributed by atoms with Gasteiger partial charge >= 0.3 is 0 Å². The predicted molar refractivity (Wildman–Crippen MR) is 58.0 cm³/mol. The molecule has 0 aliphatic carbocycles. The zero-order valence-corrected chi connectivity index (χ0v) is 9.74. The van der Waals surface area contributed by atoms with E-state index in [1.54, 1.807) is 0 Å². The Hall–Kier alpha value is -1.07. The maximum absolute atomic E-state index is 5.84. The van der Waals surface area contributed by atoms with E-state index >= 15 is 0 Å². The number of ether oxygens (including phenoxy) is 3. The van der Waals surface area contributed by atoms with E-state index in [1.165, 1.54) is 13.4 Å². The molecule has 1 unspecified atom stereocenters. The van der Waals surface area contributed by atoms with Crippen molar-refractivity contribution in [3.05, 3.63) is 11.5 Å². The summed E-state index contributed by atoms with van der Waals surface area (Å²) < 4.78 is 15.9. The van der Waals surface area contributed by atoms with Crippen molar-refractivity contribution in [1.29, 1.82) is 0 Å². The topological polar surface area (TPSA) is 53.5 Å². The van der Waals surface area contributed by atoms with E-state index in [4.69, 9.17) is 25.8 Å². The number of methoxy groups -OCH3 is 1. The smallest absolute Gasteiger partial charge is 0.261 e. The average Bonchev–Trinajstić information content (AvgIpc) is 2.79. The van der Waals surface area contributed by atoms with Gasteiger partial charge in [0.1, 0.15) is 6.33 Å². The third-order valence-corrected chi connectivity index (χ3v) is 2.68. The second-order valence-corrected chi connectivity index (χ2v) is 3.90. The van der Waals surface area contributed by atoms with Crippen molar-refractivity contribution < 1.29 is 14.2 Å². The molecule has 1 aliphatic rings. The van der Waals surface area contributed by atoms with Crippen molar-refractivity contribution in [1.82, 2.24) is 9.97 Å². The summed E-state index contributed by atoms with van der Waals surface area (Å²) in [5, 5.41) is 0.259. The molecule has 0 amide bonds. The number of nitrogens with zero attached hydrogens (tertiary/aromatic N) is 2. The third kappa shape index (κ3) is 2.54. The summed E-state index contributed by atoms with van der Waals surface area (Å²) in [5.74, 6) is 1.18. The van der Waals surface area contributed by atoms with Crippen LogP contribution in [0.4, 0.5) is 0 Å². The Kier molecular flexibility index (Phi) is 3.79. The molecule has 0 radical (unpaired) electrons. The molecular formula is C10H13ClN2O3. The van der Waals surface area contributed by atoms with Gasteiger partial charge in [0.05, 0.1) is 20.3 Å². The fourth-order valence-corrected chi connectivity index (χ4v) is 1.73. The minimum Gasteiger partial charge on any atom is -0.489 e. The van der Waals surface area contributed by atoms with Gasteiger partial charge in [-0.3, -0.25) is 0 Å². The molecule has 5 nitrogen and oxygen atoms in total. The fourth-order valence-electron chi connectivity index (χ4n) is 1.52. The zero-order valence-electron chi connectivity index (χ0n) is 8.98. The molecule has 88 valence electrons. The van der Waals surface area contributed by atoms with E-state index in [-0.39, 0.29) is 5.15 Å². The molecule has 0 N–H and O–H groups in total. The minimum atomic E-state index is 0.259. The van der Waals surface area contributed by atoms with Crippen molar-refractivity contribution in [2.75, 3.05) is 26.9 Å². The van der Waals surface area contributed by atoms with Crippen molar-refractivity contribution in [2.45, 2.75) is 6.42 Å². The van der Waals surface area contributed by atoms with E-state index in [1.807, 2.05) is 0 Å². The first-order chi connectivity index (χ1) is 7.81. The Morgan fingerprint density at radius 1 is 1.56 bits per heavy atom. The zero-order chi connectivity index (χ0) is 11.4. The Morgan fingerprint density at radius 2 is 2.44 bits per heavy atom. The molecule has 1 saturated heterocycles. The van der Waals surface area contributed by atoms with Gasteiger partial charge in [-0.15, -0.1) is 0 Å². The maximum atomic E-state index is 5.84. The van der Waals surface area contributed by atoms with Crippen LogP contribution in [0.3, 0.4) is 0 Å². The van der Waals surface area contributed by atoms with E-state index in [2.05, 4.69) is 9.97 Å². The first-order valence-corrected chi connectivity index (χ1v) is 5.44. The van der Waals surface area contributed by atoms with Crippen LogP contribution in [-0.2, 0) is 4.74 Å². The molecule has 2 heterocycles. The Labute approximate surface area is 98.7 Å². The van der Waals surface area contributed by atoms with Crippen LogP contribution in [0.5, 0.6) is 11.6 Å². The molecule has 1 aromatic rings. The van der Waals surface area contributed by atoms with Gasteiger partial charge < -0.3 is 14.2 Å². The van der Waals surface area contributed by atoms with Crippen molar-refractivity contribution in [3.63, 3.8) is 0 Å². The summed E-state index contributed by atoms with van der Waals surface area (Å²) in [6.45, 7) is 2.10. The summed E-state index contributed by atoms with van der Waals surface area (Å²) in [6, 6.07) is 0. The molecule has 1 atom stereocenters. The summed E-state index contributed by atoms with van der Waals surface area (Å²) in [4.78, 5) is 7.80. The highest BCUT2D eigenvalue weighted by Gasteiger charge is 2.18. The summed E-state index contributed by atoms with van der Waals surface area (Å²) >= 11 is 5.84. The van der Waals surface area contributed by atoms with Crippen molar-refractivity contribution in [3.8, 4) is 11.6 Å². The normalized spacial score (nSPS) is 19.8. The van der Waals surface area contributed by atoms with E-state index in [9.17, 15) is 0 Å². The second-order valence-electron chi connectivity index (χ2n) is 3.54. The van der Waals surface area contributed by atoms with Crippen LogP contribution in [0.1, 0.15) is 6.42 Å². The van der Waals surface area contributed by atoms with Crippen LogP contribution < -0.4 is 9.47 Å². The number of hydrogen-bond donors (Lipinski definition) is 0. The molecule has 0 aromatic carbocycles. The molecule has 0 saturated carbocycles. The molecule has 1 aromatic heterocycles. The Bertz CT molecular complexity index is 356. The highest BCUT2D eigenvalue weighted by Crippen LogP contribution is 2.30. The van der Waals surface area contributed by atoms with Crippen LogP contribution >= 0.6 is 11.6 Å². The minimum absolute atomic E-state index is 0.259. The summed E-state index contributed by atoms with van der Waals surface area (Å²) in [6.07, 6.45) is 2.37. The van der Waals surface area contributed by atoms with Gasteiger partial charge in [-0.1, -0.05) is 11.6 Å². The van der Waals surface area contributed by atoms with Gasteiger partial charge in [0, 0.05) is 12.5 Å². The fraction of sp³-hybridized carbons (Fsp3) is 0.600. The quantitative estimate of drug-likeness (QED) is 0.753. The molecule has 1 aliphatic heterocycles. The van der Waals surface area contributed by atoms with E-state index in [0.29, 0.717) is 24.2 Å². The molecular weight excluding hydrogens is 232 g/mol. The SMILES string of the molecule is COc1c(Cl)ncnc1OCC1CCOC1. The molecule has 6 heteroatoms. The van der Waals surface area contributed by atoms with Crippen LogP contribution in [-0.4, -0.2) is 36.9 Å². The van der Waals surface area contributed by atoms with Crippen molar-refractivity contribution >= 4 is 11.6 Å². The number of aromatic nitrogens is 2. The van der Waals surface area contributed by atoms with Gasteiger partial charge in [0.15, 0.2) is 5.15 Å². The first-order valence-electron chi connectivity index (χ1n) is 5.06. The highest BCUT2D eigenvalue weighted by molar-refractivity contribution is 6.31. The highest BCUT2D eigenvalue weighted by atomic mass is 35.5. The molecule has 0 spiro atoms. The van der Waals surface area contributed by atoms with Gasteiger partial charge in [-0.25, -0.2) is 4.98 Å². The molecule has 2 rings (SSSR count). The lowest BCUT2D eigenvalue weighted by molar-refractivity contribution is 0.163. The van der Waals surface area contributed by atoms with Gasteiger partial charge in [0.25, 0.3) is 5.88 Å². The number of rotatable bonds is 4. The molecule has 0 bridgehead atoms. The Morgan fingerprint density at radius 3 is 3.12 bits per heavy atom.